The van der Waals surface area contributed by atoms with E-state index >= 15 is 0 Å². The minimum atomic E-state index is -0.384. The highest BCUT2D eigenvalue weighted by Crippen LogP contribution is 2.30. The molecule has 108 valence electrons. The van der Waals surface area contributed by atoms with Gasteiger partial charge in [-0.2, -0.15) is 0 Å². The van der Waals surface area contributed by atoms with Crippen LogP contribution in [0.2, 0.25) is 0 Å². The molecule has 0 saturated heterocycles. The van der Waals surface area contributed by atoms with Crippen LogP contribution in [0.3, 0.4) is 0 Å². The van der Waals surface area contributed by atoms with Crippen LogP contribution in [0.15, 0.2) is 17.6 Å². The number of carbonyl (C=O) groups is 1. The summed E-state index contributed by atoms with van der Waals surface area (Å²) in [7, 11) is 1.59. The van der Waals surface area contributed by atoms with Gasteiger partial charge >= 0.3 is 0 Å². The second-order valence-corrected chi connectivity index (χ2v) is 5.26. The minimum Gasteiger partial charge on any atom is -0.395 e. The van der Waals surface area contributed by atoms with Crippen molar-refractivity contribution >= 4 is 38.8 Å². The lowest BCUT2D eigenvalue weighted by Gasteiger charge is -2.16. The second kappa shape index (κ2) is 6.53. The molecule has 0 saturated carbocycles. The molecule has 1 aromatic carbocycles. The van der Waals surface area contributed by atoms with E-state index in [1.54, 1.807) is 19.5 Å². The van der Waals surface area contributed by atoms with E-state index in [1.807, 2.05) is 12.1 Å². The van der Waals surface area contributed by atoms with Gasteiger partial charge in [0, 0.05) is 13.7 Å². The molecule has 1 heterocycles. The summed E-state index contributed by atoms with van der Waals surface area (Å²) in [6, 6.07) is 3.43. The molecule has 0 bridgehead atoms. The number of hydrogen-bond donors (Lipinski definition) is 3. The van der Waals surface area contributed by atoms with Crippen LogP contribution in [-0.4, -0.2) is 37.2 Å². The summed E-state index contributed by atoms with van der Waals surface area (Å²) in [5.74, 6) is -0.0974. The van der Waals surface area contributed by atoms with Crippen molar-refractivity contribution in [2.75, 3.05) is 31.3 Å². The molecule has 1 unspecified atom stereocenters. The first kappa shape index (κ1) is 14.5. The van der Waals surface area contributed by atoms with E-state index in [4.69, 9.17) is 10.5 Å². The van der Waals surface area contributed by atoms with Crippen LogP contribution >= 0.6 is 11.3 Å². The normalized spacial score (nSPS) is 12.3. The molecule has 6 nitrogen and oxygen atoms in total. The van der Waals surface area contributed by atoms with Gasteiger partial charge in [-0.25, -0.2) is 4.98 Å². The van der Waals surface area contributed by atoms with Crippen molar-refractivity contribution in [3.8, 4) is 0 Å². The van der Waals surface area contributed by atoms with Crippen LogP contribution in [0.1, 0.15) is 6.92 Å². The van der Waals surface area contributed by atoms with Crippen molar-refractivity contribution in [3.63, 3.8) is 0 Å². The maximum Gasteiger partial charge on any atom is 0.242 e. The molecular formula is C13H18N4O2S. The molecular weight excluding hydrogens is 276 g/mol. The van der Waals surface area contributed by atoms with Crippen LogP contribution in [0.4, 0.5) is 11.4 Å². The topological polar surface area (TPSA) is 89.3 Å². The van der Waals surface area contributed by atoms with Gasteiger partial charge in [0.15, 0.2) is 0 Å². The van der Waals surface area contributed by atoms with Crippen LogP contribution in [-0.2, 0) is 9.53 Å². The lowest BCUT2D eigenvalue weighted by Crippen LogP contribution is -2.39. The van der Waals surface area contributed by atoms with E-state index in [9.17, 15) is 4.79 Å². The maximum absolute atomic E-state index is 11.9. The van der Waals surface area contributed by atoms with Crippen LogP contribution in [0, 0.1) is 0 Å². The molecule has 0 aliphatic heterocycles. The molecule has 0 radical (unpaired) electrons. The summed E-state index contributed by atoms with van der Waals surface area (Å²) >= 11 is 1.54. The van der Waals surface area contributed by atoms with Crippen molar-refractivity contribution in [2.45, 2.75) is 13.0 Å². The number of nitrogens with one attached hydrogen (secondary N) is 2. The predicted octanol–water partition coefficient (Wildman–Crippen LogP) is 1.44. The van der Waals surface area contributed by atoms with Gasteiger partial charge in [0.2, 0.25) is 5.91 Å². The van der Waals surface area contributed by atoms with Crippen molar-refractivity contribution < 1.29 is 9.53 Å². The Hall–Kier alpha value is -1.86. The lowest BCUT2D eigenvalue weighted by molar-refractivity contribution is -0.121. The van der Waals surface area contributed by atoms with Crippen LogP contribution in [0.5, 0.6) is 0 Å². The predicted molar refractivity (Wildman–Crippen MR) is 82.0 cm³/mol. The molecule has 1 amide bonds. The van der Waals surface area contributed by atoms with E-state index in [0.29, 0.717) is 18.8 Å². The summed E-state index contributed by atoms with van der Waals surface area (Å²) in [5, 5.41) is 5.88. The number of anilines is 2. The van der Waals surface area contributed by atoms with Crippen LogP contribution < -0.4 is 16.4 Å². The summed E-state index contributed by atoms with van der Waals surface area (Å²) in [6.45, 7) is 2.76. The summed E-state index contributed by atoms with van der Waals surface area (Å²) in [4.78, 5) is 16.1. The molecule has 20 heavy (non-hydrogen) atoms. The van der Waals surface area contributed by atoms with Gasteiger partial charge in [0.05, 0.1) is 28.2 Å². The zero-order valence-electron chi connectivity index (χ0n) is 11.5. The quantitative estimate of drug-likeness (QED) is 0.554. The summed E-state index contributed by atoms with van der Waals surface area (Å²) < 4.78 is 5.92. The smallest absolute Gasteiger partial charge is 0.242 e. The number of nitrogens with two attached hydrogens (primary N) is 1. The highest BCUT2D eigenvalue weighted by Gasteiger charge is 2.14. The zero-order chi connectivity index (χ0) is 14.5. The maximum atomic E-state index is 11.9. The molecule has 0 aliphatic rings. The summed E-state index contributed by atoms with van der Waals surface area (Å²) in [5.41, 5.74) is 9.88. The fourth-order valence-electron chi connectivity index (χ4n) is 1.81. The Labute approximate surface area is 121 Å². The number of nitrogens with zero attached hydrogens (tertiary/aromatic N) is 1. The number of ether oxygens (including phenoxy) is 1. The van der Waals surface area contributed by atoms with Gasteiger partial charge in [0.25, 0.3) is 0 Å². The first-order chi connectivity index (χ1) is 9.63. The van der Waals surface area contributed by atoms with Crippen molar-refractivity contribution in [3.05, 3.63) is 17.6 Å². The van der Waals surface area contributed by atoms with Gasteiger partial charge in [0.1, 0.15) is 11.6 Å². The Morgan fingerprint density at radius 1 is 1.55 bits per heavy atom. The molecule has 4 N–H and O–H groups in total. The van der Waals surface area contributed by atoms with Gasteiger partial charge in [-0.1, -0.05) is 0 Å². The fourth-order valence-corrected chi connectivity index (χ4v) is 2.50. The van der Waals surface area contributed by atoms with Gasteiger partial charge in [-0.3, -0.25) is 4.79 Å². The minimum absolute atomic E-state index is 0.0974. The Morgan fingerprint density at radius 2 is 2.35 bits per heavy atom. The number of thiazole rings is 1. The lowest BCUT2D eigenvalue weighted by atomic mass is 10.2. The molecule has 1 aromatic heterocycles. The number of benzene rings is 1. The Morgan fingerprint density at radius 3 is 3.10 bits per heavy atom. The second-order valence-electron chi connectivity index (χ2n) is 4.38. The van der Waals surface area contributed by atoms with E-state index in [-0.39, 0.29) is 11.9 Å². The molecule has 7 heteroatoms. The van der Waals surface area contributed by atoms with Crippen molar-refractivity contribution in [1.82, 2.24) is 10.3 Å². The number of aromatic nitrogens is 1. The van der Waals surface area contributed by atoms with E-state index in [1.165, 1.54) is 11.3 Å². The third-order valence-electron chi connectivity index (χ3n) is 2.91. The molecule has 2 rings (SSSR count). The van der Waals surface area contributed by atoms with Crippen molar-refractivity contribution in [2.24, 2.45) is 0 Å². The number of nitrogen functional groups attached to an aromatic ring is 1. The molecule has 0 fully saturated rings. The highest BCUT2D eigenvalue weighted by molar-refractivity contribution is 7.16. The zero-order valence-corrected chi connectivity index (χ0v) is 12.3. The highest BCUT2D eigenvalue weighted by atomic mass is 32.1. The van der Waals surface area contributed by atoms with Gasteiger partial charge in [-0.05, 0) is 19.1 Å². The van der Waals surface area contributed by atoms with Gasteiger partial charge in [-0.15, -0.1) is 11.3 Å². The van der Waals surface area contributed by atoms with E-state index in [2.05, 4.69) is 15.6 Å². The molecule has 2 aromatic rings. The molecule has 0 aliphatic carbocycles. The number of hydrogen-bond acceptors (Lipinski definition) is 6. The Balaban J connectivity index is 2.03. The third-order valence-corrected chi connectivity index (χ3v) is 3.71. The average Bonchev–Trinajstić information content (AvgIpc) is 2.91. The number of methoxy groups -OCH3 is 1. The summed E-state index contributed by atoms with van der Waals surface area (Å²) in [6.07, 6.45) is 0. The van der Waals surface area contributed by atoms with E-state index in [0.717, 1.165) is 15.9 Å². The number of amides is 1. The Bertz CT molecular complexity index is 599. The molecule has 0 spiro atoms. The number of rotatable bonds is 6. The first-order valence-electron chi connectivity index (χ1n) is 6.28. The monoisotopic (exact) mass is 294 g/mol. The standard InChI is InChI=1S/C13H18N4O2S/c1-8(13(18)15-5-6-19-2)17-9-3-4-10-12(11(9)14)16-7-20-10/h3-4,7-8,17H,5-6,14H2,1-2H3,(H,15,18). The fraction of sp³-hybridized carbons (Fsp3) is 0.385. The first-order valence-corrected chi connectivity index (χ1v) is 7.16. The average molecular weight is 294 g/mol. The SMILES string of the molecule is COCCNC(=O)C(C)Nc1ccc2scnc2c1N. The number of carbonyl (C=O) groups excluding carboxylic acids is 1. The molecule has 1 atom stereocenters. The van der Waals surface area contributed by atoms with Crippen molar-refractivity contribution in [1.29, 1.82) is 0 Å². The largest absolute Gasteiger partial charge is 0.395 e. The van der Waals surface area contributed by atoms with Crippen LogP contribution in [0.25, 0.3) is 10.2 Å². The van der Waals surface area contributed by atoms with Gasteiger partial charge < -0.3 is 21.1 Å². The third kappa shape index (κ3) is 3.17. The Kier molecular flexibility index (Phi) is 4.75. The van der Waals surface area contributed by atoms with E-state index < -0.39 is 0 Å². The number of fused-ring (bicyclic) bond motifs is 1.